The summed E-state index contributed by atoms with van der Waals surface area (Å²) >= 11 is 0. The van der Waals surface area contributed by atoms with Gasteiger partial charge in [-0.1, -0.05) is 38.0 Å². The maximum absolute atomic E-state index is 11.1. The minimum Gasteiger partial charge on any atom is -0.810 e. The largest absolute Gasteiger partial charge is 1.00 e. The van der Waals surface area contributed by atoms with E-state index >= 15 is 0 Å². The Kier molecular flexibility index (Phi) is 24.7. The molecule has 0 N–H and O–H groups in total. The standard InChI is InChI=1S/C9H28N3O15P5.3Na/c13-28(14,15)5-10(1-3-11(6-29(16,17)18)7-30(19,20)21)2-4-12(8-31(22,23)24)9-32(25,26)27;;;/h1-9H2,(H2,13,14,15)(H2,16,17,18)(H2,19,20,21)(H2,22,23,24)(H2,25,26,27);;;/q;3*+1/p-3. The molecule has 0 aromatic rings. The van der Waals surface area contributed by atoms with Gasteiger partial charge in [-0.15, -0.1) is 0 Å². The smallest absolute Gasteiger partial charge is 0.810 e. The van der Waals surface area contributed by atoms with Crippen molar-refractivity contribution in [3.05, 3.63) is 0 Å². The van der Waals surface area contributed by atoms with Gasteiger partial charge < -0.3 is 71.8 Å². The maximum Gasteiger partial charge on any atom is 1.00 e. The average molecular weight is 639 g/mol. The van der Waals surface area contributed by atoms with Gasteiger partial charge in [-0.2, -0.15) is 0 Å². The molecule has 0 amide bonds. The van der Waals surface area contributed by atoms with Crippen molar-refractivity contribution in [2.75, 3.05) is 57.6 Å². The van der Waals surface area contributed by atoms with Crippen molar-refractivity contribution >= 4 is 38.0 Å². The fraction of sp³-hybridized carbons (Fsp3) is 1.00. The van der Waals surface area contributed by atoms with Crippen molar-refractivity contribution in [2.45, 2.75) is 0 Å². The summed E-state index contributed by atoms with van der Waals surface area (Å²) in [7, 11) is -26.8. The molecule has 0 aliphatic rings. The van der Waals surface area contributed by atoms with Gasteiger partial charge in [-0.3, -0.25) is 14.7 Å². The van der Waals surface area contributed by atoms with E-state index in [1.807, 2.05) is 0 Å². The molecule has 0 fully saturated rings. The molecule has 0 spiro atoms. The molecule has 18 nitrogen and oxygen atoms in total. The van der Waals surface area contributed by atoms with E-state index in [0.29, 0.717) is 14.7 Å². The van der Waals surface area contributed by atoms with Crippen LogP contribution >= 0.6 is 38.0 Å². The van der Waals surface area contributed by atoms with Crippen LogP contribution < -0.4 is 138 Å². The van der Waals surface area contributed by atoms with Gasteiger partial charge in [0.25, 0.3) is 0 Å². The minimum atomic E-state index is -5.37. The molecule has 0 saturated heterocycles. The summed E-state index contributed by atoms with van der Waals surface area (Å²) in [5.41, 5.74) is 0. The van der Waals surface area contributed by atoms with Gasteiger partial charge >= 0.3 is 98.7 Å². The van der Waals surface area contributed by atoms with Crippen LogP contribution in [0.15, 0.2) is 0 Å². The summed E-state index contributed by atoms with van der Waals surface area (Å²) in [6, 6.07) is 0. The molecule has 0 aromatic heterocycles. The summed E-state index contributed by atoms with van der Waals surface area (Å²) in [5.74, 6) is 0. The zero-order chi connectivity index (χ0) is 25.6. The summed E-state index contributed by atoms with van der Waals surface area (Å²) in [6.07, 6.45) is -7.03. The first-order chi connectivity index (χ1) is 13.9. The second-order valence-electron chi connectivity index (χ2n) is 6.67. The van der Waals surface area contributed by atoms with Crippen molar-refractivity contribution in [3.8, 4) is 0 Å². The predicted octanol–water partition coefficient (Wildman–Crippen LogP) is -17.0. The Labute approximate surface area is 278 Å². The predicted molar refractivity (Wildman–Crippen MR) is 95.1 cm³/mol. The Morgan fingerprint density at radius 2 is 0.514 bits per heavy atom. The van der Waals surface area contributed by atoms with Crippen LogP contribution in [0.2, 0.25) is 0 Å². The first-order valence-electron chi connectivity index (χ1n) is 8.17. The van der Waals surface area contributed by atoms with Gasteiger partial charge in [0.1, 0.15) is 0 Å². The number of rotatable bonds is 16. The Morgan fingerprint density at radius 3 is 0.686 bits per heavy atom. The van der Waals surface area contributed by atoms with Crippen LogP contribution in [0.4, 0.5) is 0 Å². The SMILES string of the molecule is O=P([O-])([O-])CN(CCN(CP(=O)([O-])[O-])CP(=O)([O-])[O-])CCN(CP(=O)([O-])[O-])CP(=O)([O-])[O-].[H+].[H+].[H+].[H+].[H+].[H+].[H+].[Na+].[Na+].[Na+]. The van der Waals surface area contributed by atoms with Crippen molar-refractivity contribution in [1.29, 1.82) is 0 Å². The summed E-state index contributed by atoms with van der Waals surface area (Å²) in [6.45, 7) is -2.82. The normalized spacial score (nSPS) is 13.4. The monoisotopic (exact) mass is 639 g/mol. The topological polar surface area (TPSA) is 326 Å². The van der Waals surface area contributed by atoms with Gasteiger partial charge in [-0.05, 0) is 0 Å². The van der Waals surface area contributed by atoms with E-state index in [1.165, 1.54) is 0 Å². The minimum absolute atomic E-state index is 0. The first kappa shape index (κ1) is 45.6. The summed E-state index contributed by atoms with van der Waals surface area (Å²) in [5, 5.41) is 0. The Morgan fingerprint density at radius 1 is 0.371 bits per heavy atom. The molecule has 0 saturated carbocycles. The van der Waals surface area contributed by atoms with Gasteiger partial charge in [0.2, 0.25) is 0 Å². The number of nitrogens with zero attached hydrogens (tertiary/aromatic N) is 3. The molecule has 35 heavy (non-hydrogen) atoms. The van der Waals surface area contributed by atoms with Crippen LogP contribution in [-0.4, -0.2) is 72.3 Å². The van der Waals surface area contributed by atoms with E-state index in [1.54, 1.807) is 0 Å². The quantitative estimate of drug-likeness (QED) is 0.112. The van der Waals surface area contributed by atoms with E-state index in [4.69, 9.17) is 0 Å². The van der Waals surface area contributed by atoms with Gasteiger partial charge in [0, 0.05) is 57.6 Å². The van der Waals surface area contributed by atoms with Crippen molar-refractivity contribution in [1.82, 2.24) is 14.7 Å². The average Bonchev–Trinajstić information content (AvgIpc) is 2.41. The molecule has 0 rings (SSSR count). The van der Waals surface area contributed by atoms with Gasteiger partial charge in [0.15, 0.2) is 0 Å². The van der Waals surface area contributed by atoms with Crippen LogP contribution in [0.3, 0.4) is 0 Å². The second kappa shape index (κ2) is 18.9. The molecule has 0 aromatic carbocycles. The third-order valence-electron chi connectivity index (χ3n) is 3.33. The van der Waals surface area contributed by atoms with Crippen LogP contribution in [0.5, 0.6) is 0 Å². The molecular weight excluding hydrogens is 614 g/mol. The molecule has 0 atom stereocenters. The van der Waals surface area contributed by atoms with Crippen LogP contribution in [0.25, 0.3) is 0 Å². The molecular formula is C9H25N3Na3O15P5. The first-order valence-corrected chi connectivity index (χ1v) is 16.8. The van der Waals surface area contributed by atoms with E-state index in [9.17, 15) is 71.8 Å². The third-order valence-corrected chi connectivity index (χ3v) is 7.06. The zero-order valence-electron chi connectivity index (χ0n) is 26.1. The second-order valence-corrected chi connectivity index (χ2v) is 14.2. The molecule has 26 heteroatoms. The number of hydrogen-bond donors (Lipinski definition) is 0. The maximum atomic E-state index is 11.1. The molecule has 0 radical (unpaired) electrons. The van der Waals surface area contributed by atoms with Crippen molar-refractivity contribution < 1.29 is 170 Å². The van der Waals surface area contributed by atoms with E-state index < -0.39 is 95.6 Å². The molecule has 0 heterocycles. The van der Waals surface area contributed by atoms with Crippen molar-refractivity contribution in [2.24, 2.45) is 0 Å². The summed E-state index contributed by atoms with van der Waals surface area (Å²) < 4.78 is 54.6. The van der Waals surface area contributed by atoms with E-state index in [2.05, 4.69) is 0 Å². The van der Waals surface area contributed by atoms with Gasteiger partial charge in [0.05, 0.1) is 0 Å². The number of hydrogen-bond acceptors (Lipinski definition) is 18. The fourth-order valence-corrected chi connectivity index (χ4v) is 6.43. The van der Waals surface area contributed by atoms with Crippen LogP contribution in [0.1, 0.15) is 9.99 Å². The summed E-state index contributed by atoms with van der Waals surface area (Å²) in [4.78, 5) is 111. The molecule has 194 valence electrons. The van der Waals surface area contributed by atoms with Crippen molar-refractivity contribution in [3.63, 3.8) is 0 Å². The molecule has 0 unspecified atom stereocenters. The van der Waals surface area contributed by atoms with Gasteiger partial charge in [-0.25, -0.2) is 0 Å². The Bertz CT molecular complexity index is 762. The third kappa shape index (κ3) is 32.0. The Balaban J connectivity index is -0.000000107. The molecule has 0 bridgehead atoms. The Hall–Kier alpha value is 3.63. The van der Waals surface area contributed by atoms with Crippen LogP contribution in [0, 0.1) is 0 Å². The van der Waals surface area contributed by atoms with E-state index in [0.717, 1.165) is 0 Å². The van der Waals surface area contributed by atoms with E-state index in [-0.39, 0.29) is 98.7 Å². The molecule has 0 aliphatic heterocycles. The zero-order valence-corrected chi connectivity index (χ0v) is 29.5. The van der Waals surface area contributed by atoms with Crippen LogP contribution in [-0.2, 0) is 22.8 Å². The fourth-order valence-electron chi connectivity index (χ4n) is 2.42. The molecule has 0 aliphatic carbocycles.